The Kier molecular flexibility index (Phi) is 5.18. The van der Waals surface area contributed by atoms with E-state index in [1.165, 1.54) is 11.1 Å². The van der Waals surface area contributed by atoms with Crippen LogP contribution in [-0.2, 0) is 0 Å². The van der Waals surface area contributed by atoms with E-state index in [1.54, 1.807) is 7.11 Å². The molecule has 0 saturated carbocycles. The highest BCUT2D eigenvalue weighted by molar-refractivity contribution is 5.75. The molecule has 24 heavy (non-hydrogen) atoms. The zero-order valence-corrected chi connectivity index (χ0v) is 13.9. The molecule has 3 rings (SSSR count). The summed E-state index contributed by atoms with van der Waals surface area (Å²) in [5, 5.41) is 3.33. The van der Waals surface area contributed by atoms with Gasteiger partial charge in [0, 0.05) is 37.2 Å². The molecule has 0 radical (unpaired) electrons. The van der Waals surface area contributed by atoms with E-state index < -0.39 is 0 Å². The van der Waals surface area contributed by atoms with Crippen molar-refractivity contribution >= 4 is 16.9 Å². The van der Waals surface area contributed by atoms with Crippen molar-refractivity contribution in [3.63, 3.8) is 0 Å². The maximum absolute atomic E-state index is 5.56. The van der Waals surface area contributed by atoms with Crippen LogP contribution < -0.4 is 20.7 Å². The van der Waals surface area contributed by atoms with Gasteiger partial charge >= 0.3 is 0 Å². The summed E-state index contributed by atoms with van der Waals surface area (Å²) in [5.74, 6) is 0.876. The van der Waals surface area contributed by atoms with Crippen molar-refractivity contribution in [1.82, 2.24) is 0 Å². The average Bonchev–Trinajstić information content (AvgIpc) is 2.67. The summed E-state index contributed by atoms with van der Waals surface area (Å²) in [6, 6.07) is 16.6. The van der Waals surface area contributed by atoms with Crippen LogP contribution in [0.15, 0.2) is 66.9 Å². The second-order valence-corrected chi connectivity index (χ2v) is 5.66. The molecule has 0 amide bonds. The predicted molar refractivity (Wildman–Crippen MR) is 101 cm³/mol. The number of benzene rings is 2. The van der Waals surface area contributed by atoms with E-state index in [2.05, 4.69) is 65.0 Å². The van der Waals surface area contributed by atoms with E-state index >= 15 is 0 Å². The maximum atomic E-state index is 5.56. The van der Waals surface area contributed by atoms with E-state index in [0.717, 1.165) is 30.2 Å². The van der Waals surface area contributed by atoms with E-state index in [-0.39, 0.29) is 0 Å². The zero-order chi connectivity index (χ0) is 16.8. The van der Waals surface area contributed by atoms with Crippen LogP contribution >= 0.6 is 0 Å². The van der Waals surface area contributed by atoms with Crippen molar-refractivity contribution < 1.29 is 4.74 Å². The highest BCUT2D eigenvalue weighted by Gasteiger charge is 2.12. The van der Waals surface area contributed by atoms with Crippen LogP contribution in [-0.4, -0.2) is 26.7 Å². The first-order valence-electron chi connectivity index (χ1n) is 8.12. The zero-order valence-electron chi connectivity index (χ0n) is 13.9. The van der Waals surface area contributed by atoms with Gasteiger partial charge in [0.25, 0.3) is 0 Å². The molecule has 2 aromatic rings. The Bertz CT molecular complexity index is 735. The number of nitrogens with zero attached hydrogens (tertiary/aromatic N) is 1. The molecular weight excluding hydrogens is 298 g/mol. The van der Waals surface area contributed by atoms with Crippen molar-refractivity contribution in [2.45, 2.75) is 0 Å². The number of rotatable bonds is 6. The van der Waals surface area contributed by atoms with Crippen LogP contribution in [0, 0.1) is 0 Å². The number of allylic oxidation sites excluding steroid dienone is 2. The van der Waals surface area contributed by atoms with Gasteiger partial charge in [0.15, 0.2) is 0 Å². The van der Waals surface area contributed by atoms with Crippen LogP contribution in [0.1, 0.15) is 5.56 Å². The minimum atomic E-state index is 0.623. The van der Waals surface area contributed by atoms with Crippen LogP contribution in [0.5, 0.6) is 5.75 Å². The van der Waals surface area contributed by atoms with Gasteiger partial charge in [-0.15, -0.1) is 0 Å². The number of hydrogen-bond donors (Lipinski definition) is 2. The summed E-state index contributed by atoms with van der Waals surface area (Å²) in [5.41, 5.74) is 10.3. The molecule has 0 aliphatic carbocycles. The molecule has 0 fully saturated rings. The van der Waals surface area contributed by atoms with E-state index in [4.69, 9.17) is 10.5 Å². The molecule has 0 bridgehead atoms. The lowest BCUT2D eigenvalue weighted by Gasteiger charge is -2.25. The van der Waals surface area contributed by atoms with E-state index in [9.17, 15) is 0 Å². The third kappa shape index (κ3) is 3.78. The van der Waals surface area contributed by atoms with Gasteiger partial charge in [-0.2, -0.15) is 0 Å². The number of hydrogen-bond acceptors (Lipinski definition) is 4. The van der Waals surface area contributed by atoms with Crippen LogP contribution in [0.4, 0.5) is 11.4 Å². The van der Waals surface area contributed by atoms with Crippen molar-refractivity contribution in [2.75, 3.05) is 37.0 Å². The second kappa shape index (κ2) is 7.70. The van der Waals surface area contributed by atoms with Gasteiger partial charge in [0.05, 0.1) is 7.11 Å². The largest absolute Gasteiger partial charge is 0.497 e. The summed E-state index contributed by atoms with van der Waals surface area (Å²) in [4.78, 5) is 2.24. The van der Waals surface area contributed by atoms with Gasteiger partial charge in [-0.3, -0.25) is 0 Å². The number of nitrogens with one attached hydrogen (secondary N) is 1. The number of nitrogens with two attached hydrogens (primary N) is 1. The van der Waals surface area contributed by atoms with Crippen molar-refractivity contribution in [3.8, 4) is 5.75 Å². The molecule has 0 spiro atoms. The summed E-state index contributed by atoms with van der Waals surface area (Å²) in [6.07, 6.45) is 6.35. The fourth-order valence-electron chi connectivity index (χ4n) is 2.73. The lowest BCUT2D eigenvalue weighted by Crippen LogP contribution is -2.21. The van der Waals surface area contributed by atoms with Gasteiger partial charge in [-0.1, -0.05) is 24.3 Å². The topological polar surface area (TPSA) is 50.5 Å². The molecular formula is C20H23N3O. The first kappa shape index (κ1) is 16.1. The molecule has 0 atom stereocenters. The molecule has 1 aliphatic heterocycles. The van der Waals surface area contributed by atoms with Crippen LogP contribution in [0.25, 0.3) is 5.57 Å². The monoisotopic (exact) mass is 321 g/mol. The Labute approximate surface area is 143 Å². The molecule has 0 unspecified atom stereocenters. The molecule has 1 heterocycles. The highest BCUT2D eigenvalue weighted by Crippen LogP contribution is 2.27. The second-order valence-electron chi connectivity index (χ2n) is 5.66. The van der Waals surface area contributed by atoms with Gasteiger partial charge in [0.2, 0.25) is 0 Å². The third-order valence-electron chi connectivity index (χ3n) is 4.02. The Morgan fingerprint density at radius 3 is 2.75 bits per heavy atom. The Balaban J connectivity index is 1.75. The first-order chi connectivity index (χ1) is 11.8. The van der Waals surface area contributed by atoms with Crippen molar-refractivity contribution in [2.24, 2.45) is 5.73 Å². The molecule has 2 aromatic carbocycles. The molecule has 0 saturated heterocycles. The smallest absolute Gasteiger partial charge is 0.118 e. The summed E-state index contributed by atoms with van der Waals surface area (Å²) in [6.45, 7) is 2.23. The highest BCUT2D eigenvalue weighted by atomic mass is 16.5. The van der Waals surface area contributed by atoms with E-state index in [1.807, 2.05) is 12.1 Å². The van der Waals surface area contributed by atoms with Crippen molar-refractivity contribution in [1.29, 1.82) is 0 Å². The molecule has 4 nitrogen and oxygen atoms in total. The van der Waals surface area contributed by atoms with Gasteiger partial charge in [-0.05, 0) is 47.5 Å². The number of anilines is 2. The maximum Gasteiger partial charge on any atom is 0.118 e. The summed E-state index contributed by atoms with van der Waals surface area (Å²) < 4.78 is 5.23. The summed E-state index contributed by atoms with van der Waals surface area (Å²) in [7, 11) is 1.69. The number of ether oxygens (including phenoxy) is 1. The van der Waals surface area contributed by atoms with Gasteiger partial charge in [0.1, 0.15) is 5.75 Å². The minimum Gasteiger partial charge on any atom is -0.497 e. The summed E-state index contributed by atoms with van der Waals surface area (Å²) >= 11 is 0. The average molecular weight is 321 g/mol. The van der Waals surface area contributed by atoms with Crippen LogP contribution in [0.3, 0.4) is 0 Å². The van der Waals surface area contributed by atoms with Crippen molar-refractivity contribution in [3.05, 3.63) is 72.4 Å². The molecule has 124 valence electrons. The van der Waals surface area contributed by atoms with E-state index in [0.29, 0.717) is 6.54 Å². The van der Waals surface area contributed by atoms with Gasteiger partial charge in [-0.25, -0.2) is 0 Å². The van der Waals surface area contributed by atoms with Crippen LogP contribution in [0.2, 0.25) is 0 Å². The lowest BCUT2D eigenvalue weighted by molar-refractivity contribution is 0.415. The fourth-order valence-corrected chi connectivity index (χ4v) is 2.73. The molecule has 4 heteroatoms. The number of methoxy groups -OCH3 is 1. The Morgan fingerprint density at radius 1 is 1.17 bits per heavy atom. The Morgan fingerprint density at radius 2 is 2.00 bits per heavy atom. The quantitative estimate of drug-likeness (QED) is 0.855. The molecule has 0 aromatic heterocycles. The normalized spacial score (nSPS) is 13.6. The Hall–Kier alpha value is -2.72. The first-order valence-corrected chi connectivity index (χ1v) is 8.12. The third-order valence-corrected chi connectivity index (χ3v) is 4.02. The SMILES string of the molecule is COc1ccc(C2=CC=CN(c3cccc(NCCN)c3)C2)cc1. The standard InChI is InChI=1S/C20H23N3O/c1-24-20-9-7-16(8-10-20)17-4-3-13-23(15-17)19-6-2-5-18(14-19)22-12-11-21/h2-10,13-14,22H,11-12,15,21H2,1H3. The van der Waals surface area contributed by atoms with Gasteiger partial charge < -0.3 is 20.7 Å². The predicted octanol–water partition coefficient (Wildman–Crippen LogP) is 3.48. The fraction of sp³-hybridized carbons (Fsp3) is 0.200. The molecule has 1 aliphatic rings. The lowest BCUT2D eigenvalue weighted by atomic mass is 10.0. The minimum absolute atomic E-state index is 0.623. The molecule has 3 N–H and O–H groups in total.